The van der Waals surface area contributed by atoms with E-state index in [2.05, 4.69) is 14.3 Å². The number of likely N-dealkylation sites (N-methyl/N-ethyl adjacent to an activating group) is 1. The Morgan fingerprint density at radius 2 is 1.87 bits per heavy atom. The Hall–Kier alpha value is -1.16. The zero-order valence-corrected chi connectivity index (χ0v) is 19.3. The highest BCUT2D eigenvalue weighted by molar-refractivity contribution is 7.90. The van der Waals surface area contributed by atoms with Crippen LogP contribution in [0.25, 0.3) is 0 Å². The van der Waals surface area contributed by atoms with Crippen LogP contribution in [0.2, 0.25) is 10.0 Å². The topological polar surface area (TPSA) is 119 Å². The molecule has 1 unspecified atom stereocenters. The molecule has 0 saturated heterocycles. The molecule has 0 bridgehead atoms. The zero-order valence-electron chi connectivity index (χ0n) is 16.0. The first-order chi connectivity index (χ1) is 13.9. The van der Waals surface area contributed by atoms with Crippen molar-refractivity contribution >= 4 is 46.7 Å². The van der Waals surface area contributed by atoms with Gasteiger partial charge in [-0.15, -0.1) is 0 Å². The summed E-state index contributed by atoms with van der Waals surface area (Å²) in [6.45, 7) is 1.11. The average Bonchev–Trinajstić information content (AvgIpc) is 2.61. The van der Waals surface area contributed by atoms with E-state index in [0.29, 0.717) is 15.7 Å². The molecule has 0 aromatic heterocycles. The fourth-order valence-electron chi connectivity index (χ4n) is 3.43. The van der Waals surface area contributed by atoms with Crippen LogP contribution in [0.5, 0.6) is 0 Å². The van der Waals surface area contributed by atoms with Crippen LogP contribution in [0.15, 0.2) is 36.4 Å². The molecule has 0 fully saturated rings. The fourth-order valence-corrected chi connectivity index (χ4v) is 5.44. The number of fused-ring (bicyclic) bond motifs is 1. The number of halogens is 2. The minimum absolute atomic E-state index is 0.0296. The molecule has 1 aliphatic heterocycles. The van der Waals surface area contributed by atoms with Crippen molar-refractivity contribution in [2.75, 3.05) is 31.0 Å². The predicted octanol–water partition coefficient (Wildman–Crippen LogP) is 2.99. The normalized spacial score (nSPS) is 17.6. The van der Waals surface area contributed by atoms with Gasteiger partial charge in [0.15, 0.2) is 0 Å². The summed E-state index contributed by atoms with van der Waals surface area (Å²) in [4.78, 5) is 19.8. The number of hydrogen-bond acceptors (Lipinski definition) is 4. The van der Waals surface area contributed by atoms with E-state index < -0.39 is 24.0 Å². The lowest BCUT2D eigenvalue weighted by Crippen LogP contribution is -2.32. The maximum Gasteiger partial charge on any atom is 0.326 e. The van der Waals surface area contributed by atoms with Gasteiger partial charge >= 0.3 is 7.60 Å². The second-order valence-electron chi connectivity index (χ2n) is 7.21. The zero-order chi connectivity index (χ0) is 22.1. The molecule has 1 heterocycles. The third kappa shape index (κ3) is 6.18. The minimum atomic E-state index is -4.27. The first-order valence-electron chi connectivity index (χ1n) is 9.02. The van der Waals surface area contributed by atoms with Gasteiger partial charge in [-0.1, -0.05) is 35.3 Å². The summed E-state index contributed by atoms with van der Waals surface area (Å²) in [6, 6.07) is 10.6. The Balaban J connectivity index is 1.76. The van der Waals surface area contributed by atoms with Crippen molar-refractivity contribution in [3.05, 3.63) is 63.1 Å². The summed E-state index contributed by atoms with van der Waals surface area (Å²) < 4.78 is 39.4. The van der Waals surface area contributed by atoms with Crippen LogP contribution >= 0.6 is 30.8 Å². The van der Waals surface area contributed by atoms with Crippen LogP contribution in [-0.2, 0) is 21.3 Å². The molecule has 4 N–H and O–H groups in total. The molecule has 12 heteroatoms. The summed E-state index contributed by atoms with van der Waals surface area (Å²) in [7, 11) is -6.22. The molecular weight excluding hydrogens is 472 g/mol. The van der Waals surface area contributed by atoms with Gasteiger partial charge in [-0.25, -0.2) is 0 Å². The maximum atomic E-state index is 12.0. The molecule has 0 amide bonds. The number of benzene rings is 2. The summed E-state index contributed by atoms with van der Waals surface area (Å²) in [5, 5.41) is 1.19. The minimum Gasteiger partial charge on any atom is -0.324 e. The fraction of sp³-hybridized carbons (Fsp3) is 0.333. The molecule has 0 saturated carbocycles. The van der Waals surface area contributed by atoms with Crippen LogP contribution in [-0.4, -0.2) is 49.4 Å². The van der Waals surface area contributed by atoms with Crippen LogP contribution in [0.3, 0.4) is 0 Å². The van der Waals surface area contributed by atoms with Crippen molar-refractivity contribution in [2.24, 2.45) is 0 Å². The molecule has 1 atom stereocenters. The SMILES string of the molecule is CN1Cc2c(Cl)cc(Cl)cc2C(c2ccc(NS(=O)(=O)NCCP(=O)(O)O)cc2)C1. The van der Waals surface area contributed by atoms with Crippen LogP contribution < -0.4 is 9.44 Å². The standard InChI is InChI=1S/C18H22Cl2N3O5PS/c1-23-10-16(15-8-13(19)9-18(20)17(15)11-23)12-2-4-14(5-3-12)22-30(27,28)21-6-7-29(24,25)26/h2-5,8-9,16,21-22H,6-7,10-11H2,1H3,(H2,24,25,26). The molecule has 164 valence electrons. The van der Waals surface area contributed by atoms with E-state index in [1.807, 2.05) is 25.2 Å². The lowest BCUT2D eigenvalue weighted by Gasteiger charge is -2.33. The number of hydrogen-bond donors (Lipinski definition) is 4. The number of nitrogens with one attached hydrogen (secondary N) is 2. The summed E-state index contributed by atoms with van der Waals surface area (Å²) in [5.74, 6) is 0.0296. The monoisotopic (exact) mass is 493 g/mol. The molecular formula is C18H22Cl2N3O5PS. The predicted molar refractivity (Wildman–Crippen MR) is 119 cm³/mol. The highest BCUT2D eigenvalue weighted by Crippen LogP contribution is 2.38. The summed E-state index contributed by atoms with van der Waals surface area (Å²) >= 11 is 12.6. The van der Waals surface area contributed by atoms with E-state index in [4.69, 9.17) is 33.0 Å². The third-order valence-corrected chi connectivity index (χ3v) is 7.20. The molecule has 3 rings (SSSR count). The van der Waals surface area contributed by atoms with Gasteiger partial charge in [-0.2, -0.15) is 13.1 Å². The molecule has 30 heavy (non-hydrogen) atoms. The van der Waals surface area contributed by atoms with Crippen molar-refractivity contribution in [1.29, 1.82) is 0 Å². The first-order valence-corrected chi connectivity index (χ1v) is 13.1. The van der Waals surface area contributed by atoms with E-state index in [1.54, 1.807) is 18.2 Å². The van der Waals surface area contributed by atoms with Gasteiger partial charge in [-0.3, -0.25) is 9.29 Å². The largest absolute Gasteiger partial charge is 0.326 e. The summed E-state index contributed by atoms with van der Waals surface area (Å²) in [6.07, 6.45) is -0.577. The van der Waals surface area contributed by atoms with Crippen molar-refractivity contribution in [2.45, 2.75) is 12.5 Å². The number of nitrogens with zero attached hydrogens (tertiary/aromatic N) is 1. The van der Waals surface area contributed by atoms with Gasteiger partial charge in [0.05, 0.1) is 6.16 Å². The Morgan fingerprint density at radius 1 is 1.20 bits per heavy atom. The molecule has 1 aliphatic rings. The van der Waals surface area contributed by atoms with Crippen molar-refractivity contribution in [3.8, 4) is 0 Å². The molecule has 0 spiro atoms. The van der Waals surface area contributed by atoms with E-state index in [9.17, 15) is 13.0 Å². The van der Waals surface area contributed by atoms with Gasteiger partial charge in [0.25, 0.3) is 10.2 Å². The van der Waals surface area contributed by atoms with Gasteiger partial charge in [0, 0.05) is 41.3 Å². The van der Waals surface area contributed by atoms with E-state index >= 15 is 0 Å². The van der Waals surface area contributed by atoms with Crippen molar-refractivity contribution in [1.82, 2.24) is 9.62 Å². The number of rotatable bonds is 7. The van der Waals surface area contributed by atoms with Crippen molar-refractivity contribution in [3.63, 3.8) is 0 Å². The molecule has 0 aliphatic carbocycles. The van der Waals surface area contributed by atoms with Crippen molar-refractivity contribution < 1.29 is 22.8 Å². The number of anilines is 1. The Labute approximate surface area is 185 Å². The molecule has 0 radical (unpaired) electrons. The Kier molecular flexibility index (Phi) is 7.16. The van der Waals surface area contributed by atoms with Crippen LogP contribution in [0, 0.1) is 0 Å². The maximum absolute atomic E-state index is 12.0. The third-order valence-electron chi connectivity index (χ3n) is 4.75. The van der Waals surface area contributed by atoms with Gasteiger partial charge < -0.3 is 14.7 Å². The summed E-state index contributed by atoms with van der Waals surface area (Å²) in [5.41, 5.74) is 3.39. The van der Waals surface area contributed by atoms with E-state index in [1.165, 1.54) is 0 Å². The molecule has 8 nitrogen and oxygen atoms in total. The van der Waals surface area contributed by atoms with Gasteiger partial charge in [-0.05, 0) is 48.0 Å². The first kappa shape index (κ1) is 23.5. The highest BCUT2D eigenvalue weighted by Gasteiger charge is 2.27. The smallest absolute Gasteiger partial charge is 0.324 e. The van der Waals surface area contributed by atoms with Gasteiger partial charge in [0.1, 0.15) is 0 Å². The van der Waals surface area contributed by atoms with E-state index in [-0.39, 0.29) is 12.5 Å². The quantitative estimate of drug-likeness (QED) is 0.440. The van der Waals surface area contributed by atoms with E-state index in [0.717, 1.165) is 29.8 Å². The lowest BCUT2D eigenvalue weighted by atomic mass is 9.85. The Bertz CT molecular complexity index is 1080. The second kappa shape index (κ2) is 9.14. The average molecular weight is 494 g/mol. The highest BCUT2D eigenvalue weighted by atomic mass is 35.5. The van der Waals surface area contributed by atoms with Crippen LogP contribution in [0.4, 0.5) is 5.69 Å². The second-order valence-corrected chi connectivity index (χ2v) is 11.3. The lowest BCUT2D eigenvalue weighted by molar-refractivity contribution is 0.295. The molecule has 2 aromatic carbocycles. The Morgan fingerprint density at radius 3 is 2.50 bits per heavy atom. The van der Waals surface area contributed by atoms with Gasteiger partial charge in [0.2, 0.25) is 0 Å². The van der Waals surface area contributed by atoms with Crippen LogP contribution in [0.1, 0.15) is 22.6 Å². The molecule has 2 aromatic rings.